The summed E-state index contributed by atoms with van der Waals surface area (Å²) in [7, 11) is 0. The second kappa shape index (κ2) is 6.24. The van der Waals surface area contributed by atoms with E-state index < -0.39 is 0 Å². The molecular formula is C19H18N4O2+2. The molecule has 3 aromatic heterocycles. The molecule has 0 spiro atoms. The van der Waals surface area contributed by atoms with Crippen LogP contribution in [-0.4, -0.2) is 10.3 Å². The summed E-state index contributed by atoms with van der Waals surface area (Å²) in [5.41, 5.74) is 2.41. The fourth-order valence-corrected chi connectivity index (χ4v) is 2.94. The number of rotatable bonds is 4. The summed E-state index contributed by atoms with van der Waals surface area (Å²) in [4.78, 5) is 6.20. The Kier molecular flexibility index (Phi) is 3.78. The molecule has 0 aliphatic heterocycles. The van der Waals surface area contributed by atoms with Gasteiger partial charge < -0.3 is 14.9 Å². The highest BCUT2D eigenvalue weighted by atomic mass is 16.5. The number of hydrogen-bond acceptors (Lipinski definition) is 4. The van der Waals surface area contributed by atoms with Crippen LogP contribution >= 0.6 is 0 Å². The molecule has 0 aliphatic carbocycles. The van der Waals surface area contributed by atoms with E-state index in [2.05, 4.69) is 20.4 Å². The van der Waals surface area contributed by atoms with Crippen molar-refractivity contribution in [3.05, 3.63) is 77.9 Å². The highest BCUT2D eigenvalue weighted by molar-refractivity contribution is 5.83. The van der Waals surface area contributed by atoms with Gasteiger partial charge in [0.15, 0.2) is 30.2 Å². The molecule has 0 amide bonds. The largest absolute Gasteiger partial charge is 0.502 e. The van der Waals surface area contributed by atoms with Crippen molar-refractivity contribution in [3.63, 3.8) is 0 Å². The number of nitrogens with zero attached hydrogens (tertiary/aromatic N) is 1. The van der Waals surface area contributed by atoms with Crippen molar-refractivity contribution in [2.45, 2.75) is 13.0 Å². The lowest BCUT2D eigenvalue weighted by atomic mass is 9.97. The van der Waals surface area contributed by atoms with E-state index in [1.165, 1.54) is 0 Å². The van der Waals surface area contributed by atoms with Crippen LogP contribution < -0.4 is 15.3 Å². The summed E-state index contributed by atoms with van der Waals surface area (Å²) in [5, 5.41) is 19.1. The molecule has 124 valence electrons. The molecule has 6 nitrogen and oxygen atoms in total. The van der Waals surface area contributed by atoms with E-state index in [1.807, 2.05) is 61.8 Å². The fourth-order valence-electron chi connectivity index (χ4n) is 2.94. The number of hydrogen-bond donors (Lipinski definition) is 2. The summed E-state index contributed by atoms with van der Waals surface area (Å²) < 4.78 is 5.15. The molecule has 25 heavy (non-hydrogen) atoms. The Morgan fingerprint density at radius 2 is 2.04 bits per heavy atom. The fraction of sp³-hybridized carbons (Fsp3) is 0.105. The summed E-state index contributed by atoms with van der Waals surface area (Å²) in [6.07, 6.45) is 5.53. The average Bonchev–Trinajstić information content (AvgIpc) is 3.06. The Labute approximate surface area is 144 Å². The number of aromatic nitrogens is 3. The van der Waals surface area contributed by atoms with Crippen molar-refractivity contribution in [1.29, 1.82) is 0 Å². The molecule has 1 unspecified atom stereocenters. The van der Waals surface area contributed by atoms with Gasteiger partial charge in [0.2, 0.25) is 0 Å². The number of pyridine rings is 2. The van der Waals surface area contributed by atoms with Gasteiger partial charge in [-0.05, 0) is 25.1 Å². The molecule has 4 rings (SSSR count). The lowest BCUT2D eigenvalue weighted by Crippen LogP contribution is -2.16. The molecule has 0 fully saturated rings. The first-order valence-electron chi connectivity index (χ1n) is 8.00. The average molecular weight is 334 g/mol. The Hall–Kier alpha value is -3.41. The third-order valence-electron chi connectivity index (χ3n) is 4.14. The van der Waals surface area contributed by atoms with Gasteiger partial charge in [0.1, 0.15) is 5.76 Å². The summed E-state index contributed by atoms with van der Waals surface area (Å²) in [6.45, 7) is 1.84. The van der Waals surface area contributed by atoms with Crippen molar-refractivity contribution >= 4 is 16.7 Å². The first kappa shape index (κ1) is 15.1. The van der Waals surface area contributed by atoms with Crippen LogP contribution in [0.5, 0.6) is 5.75 Å². The van der Waals surface area contributed by atoms with Crippen LogP contribution in [0.15, 0.2) is 65.6 Å². The molecule has 3 heterocycles. The van der Waals surface area contributed by atoms with Crippen molar-refractivity contribution in [3.8, 4) is 5.75 Å². The van der Waals surface area contributed by atoms with Crippen LogP contribution in [0.25, 0.3) is 10.9 Å². The van der Waals surface area contributed by atoms with Gasteiger partial charge in [0.25, 0.3) is 5.52 Å². The van der Waals surface area contributed by atoms with E-state index in [0.717, 1.165) is 22.3 Å². The molecule has 4 aromatic rings. The summed E-state index contributed by atoms with van der Waals surface area (Å²) >= 11 is 0. The second-order valence-corrected chi connectivity index (χ2v) is 5.87. The van der Waals surface area contributed by atoms with Gasteiger partial charge >= 0.3 is 0 Å². The third-order valence-corrected chi connectivity index (χ3v) is 4.14. The van der Waals surface area contributed by atoms with Gasteiger partial charge in [-0.2, -0.15) is 0 Å². The molecule has 0 saturated carbocycles. The third kappa shape index (κ3) is 2.89. The number of nitrogens with one attached hydrogen (secondary N) is 3. The van der Waals surface area contributed by atoms with E-state index in [4.69, 9.17) is 4.52 Å². The topological polar surface area (TPSA) is 86.6 Å². The maximum Gasteiger partial charge on any atom is 0.253 e. The predicted octanol–water partition coefficient (Wildman–Crippen LogP) is 2.67. The van der Waals surface area contributed by atoms with Gasteiger partial charge in [0.05, 0.1) is 11.4 Å². The summed E-state index contributed by atoms with van der Waals surface area (Å²) in [5.74, 6) is 1.54. The van der Waals surface area contributed by atoms with Gasteiger partial charge in [-0.1, -0.05) is 11.2 Å². The van der Waals surface area contributed by atoms with Gasteiger partial charge in [-0.25, -0.2) is 9.97 Å². The van der Waals surface area contributed by atoms with Crippen LogP contribution in [0.4, 0.5) is 5.82 Å². The maximum absolute atomic E-state index is 10.8. The molecule has 4 N–H and O–H groups in total. The van der Waals surface area contributed by atoms with Crippen LogP contribution in [0.1, 0.15) is 22.9 Å². The molecule has 0 bridgehead atoms. The highest BCUT2D eigenvalue weighted by Crippen LogP contribution is 2.35. The number of fused-ring (bicyclic) bond motifs is 1. The Morgan fingerprint density at radius 1 is 1.16 bits per heavy atom. The van der Waals surface area contributed by atoms with Crippen LogP contribution in [0, 0.1) is 6.92 Å². The predicted molar refractivity (Wildman–Crippen MR) is 91.9 cm³/mol. The number of aromatic amines is 2. The molecule has 1 atom stereocenters. The number of anilines is 1. The summed E-state index contributed by atoms with van der Waals surface area (Å²) in [6, 6.07) is 13.2. The zero-order valence-corrected chi connectivity index (χ0v) is 13.7. The minimum Gasteiger partial charge on any atom is -0.502 e. The first-order chi connectivity index (χ1) is 12.2. The van der Waals surface area contributed by atoms with E-state index in [9.17, 15) is 5.11 Å². The number of aromatic hydroxyl groups is 1. The SMILES string of the molecule is Cc1cc(NC(c2ccc[nH+]c2)c2ccc3ccc[nH+]c3c2O)no1. The minimum atomic E-state index is -0.292. The minimum absolute atomic E-state index is 0.208. The number of phenolic OH excluding ortho intramolecular Hbond substituents is 1. The van der Waals surface area contributed by atoms with Crippen molar-refractivity contribution < 1.29 is 19.6 Å². The Bertz CT molecular complexity index is 1010. The molecule has 6 heteroatoms. The lowest BCUT2D eigenvalue weighted by molar-refractivity contribution is -0.378. The van der Waals surface area contributed by atoms with Crippen LogP contribution in [-0.2, 0) is 0 Å². The van der Waals surface area contributed by atoms with E-state index in [1.54, 1.807) is 6.20 Å². The zero-order valence-electron chi connectivity index (χ0n) is 13.7. The molecule has 0 radical (unpaired) electrons. The zero-order chi connectivity index (χ0) is 17.2. The maximum atomic E-state index is 10.8. The highest BCUT2D eigenvalue weighted by Gasteiger charge is 2.23. The monoisotopic (exact) mass is 334 g/mol. The van der Waals surface area contributed by atoms with Crippen molar-refractivity contribution in [1.82, 2.24) is 5.16 Å². The van der Waals surface area contributed by atoms with Gasteiger partial charge in [-0.3, -0.25) is 0 Å². The number of benzene rings is 1. The van der Waals surface area contributed by atoms with Crippen LogP contribution in [0.3, 0.4) is 0 Å². The van der Waals surface area contributed by atoms with E-state index in [0.29, 0.717) is 11.3 Å². The Morgan fingerprint density at radius 3 is 2.80 bits per heavy atom. The molecule has 0 aliphatic rings. The normalized spacial score (nSPS) is 12.2. The lowest BCUT2D eigenvalue weighted by Gasteiger charge is -2.18. The van der Waals surface area contributed by atoms with Crippen molar-refractivity contribution in [2.75, 3.05) is 5.32 Å². The van der Waals surface area contributed by atoms with Crippen molar-refractivity contribution in [2.24, 2.45) is 0 Å². The number of H-pyrrole nitrogens is 2. The van der Waals surface area contributed by atoms with Crippen LogP contribution in [0.2, 0.25) is 0 Å². The van der Waals surface area contributed by atoms with E-state index >= 15 is 0 Å². The van der Waals surface area contributed by atoms with Gasteiger partial charge in [0, 0.05) is 29.3 Å². The van der Waals surface area contributed by atoms with E-state index in [-0.39, 0.29) is 11.8 Å². The van der Waals surface area contributed by atoms with Gasteiger partial charge in [-0.15, -0.1) is 0 Å². The molecule has 1 aromatic carbocycles. The first-order valence-corrected chi connectivity index (χ1v) is 8.00. The molecular weight excluding hydrogens is 316 g/mol. The Balaban J connectivity index is 1.84. The second-order valence-electron chi connectivity index (χ2n) is 5.87. The number of aryl methyl sites for hydroxylation is 1. The number of phenols is 1. The molecule has 0 saturated heterocycles. The smallest absolute Gasteiger partial charge is 0.253 e. The quantitative estimate of drug-likeness (QED) is 0.601. The standard InChI is InChI=1S/C19H16N4O2/c1-12-10-16(23-25-12)22-17(14-5-2-8-20-11-14)15-7-6-13-4-3-9-21-18(13)19(15)24/h2-11,17,24H,1H3,(H,22,23)/p+2.